The van der Waals surface area contributed by atoms with Crippen molar-refractivity contribution in [3.8, 4) is 0 Å². The molecule has 0 spiro atoms. The molecule has 0 radical (unpaired) electrons. The van der Waals surface area contributed by atoms with E-state index >= 15 is 0 Å². The Balaban J connectivity index is 2.65. The minimum Gasteiger partial charge on any atom is -0.347 e. The van der Waals surface area contributed by atoms with Crippen molar-refractivity contribution in [1.29, 1.82) is 0 Å². The third-order valence-electron chi connectivity index (χ3n) is 3.16. The van der Waals surface area contributed by atoms with Crippen molar-refractivity contribution >= 4 is 18.9 Å². The molecule has 13 heavy (non-hydrogen) atoms. The lowest BCUT2D eigenvalue weighted by Gasteiger charge is -2.43. The van der Waals surface area contributed by atoms with Gasteiger partial charge in [-0.15, -0.1) is 0 Å². The van der Waals surface area contributed by atoms with E-state index in [4.69, 9.17) is 11.2 Å². The fourth-order valence-corrected chi connectivity index (χ4v) is 3.26. The minimum absolute atomic E-state index is 0.297. The molecule has 0 bridgehead atoms. The predicted octanol–water partition coefficient (Wildman–Crippen LogP) is 3.35. The van der Waals surface area contributed by atoms with Gasteiger partial charge in [0.25, 0.3) is 0 Å². The first kappa shape index (κ1) is 11.7. The van der Waals surface area contributed by atoms with Gasteiger partial charge in [-0.25, -0.2) is 4.67 Å². The van der Waals surface area contributed by atoms with E-state index in [0.717, 1.165) is 6.42 Å². The molecule has 4 heteroatoms. The molecule has 1 unspecified atom stereocenters. The first-order valence-corrected chi connectivity index (χ1v) is 6.98. The average molecular weight is 224 g/mol. The van der Waals surface area contributed by atoms with Crippen LogP contribution in [0.1, 0.15) is 39.5 Å². The van der Waals surface area contributed by atoms with Crippen molar-refractivity contribution < 1.29 is 4.89 Å². The molecular weight excluding hydrogens is 205 g/mol. The van der Waals surface area contributed by atoms with E-state index in [2.05, 4.69) is 13.8 Å². The lowest BCUT2D eigenvalue weighted by Crippen LogP contribution is -2.42. The zero-order valence-corrected chi connectivity index (χ0v) is 10.3. The highest BCUT2D eigenvalue weighted by Crippen LogP contribution is 2.48. The number of rotatable bonds is 2. The molecule has 1 N–H and O–H groups in total. The Labute approximate surface area is 86.9 Å². The Kier molecular flexibility index (Phi) is 4.00. The SMILES string of the molecule is CN([C@H]1CCCCC1(C)C)P(O)Cl. The van der Waals surface area contributed by atoms with Crippen LogP contribution in [0.25, 0.3) is 0 Å². The predicted molar refractivity (Wildman–Crippen MR) is 58.8 cm³/mol. The molecule has 0 saturated heterocycles. The normalized spacial score (nSPS) is 30.5. The Morgan fingerprint density at radius 3 is 2.54 bits per heavy atom. The van der Waals surface area contributed by atoms with Crippen LogP contribution < -0.4 is 0 Å². The number of nitrogens with zero attached hydrogens (tertiary/aromatic N) is 1. The van der Waals surface area contributed by atoms with Gasteiger partial charge in [0.05, 0.1) is 0 Å². The van der Waals surface area contributed by atoms with Crippen molar-refractivity contribution in [2.24, 2.45) is 5.41 Å². The molecule has 0 aromatic heterocycles. The molecular formula is C9H19ClNOP. The van der Waals surface area contributed by atoms with Gasteiger partial charge in [-0.2, -0.15) is 0 Å². The van der Waals surface area contributed by atoms with Crippen LogP contribution in [-0.4, -0.2) is 22.7 Å². The summed E-state index contributed by atoms with van der Waals surface area (Å²) in [5.41, 5.74) is 0.297. The van der Waals surface area contributed by atoms with Gasteiger partial charge in [0.1, 0.15) is 0 Å². The van der Waals surface area contributed by atoms with Gasteiger partial charge in [-0.3, -0.25) is 0 Å². The lowest BCUT2D eigenvalue weighted by molar-refractivity contribution is 0.119. The van der Waals surface area contributed by atoms with Crippen LogP contribution in [0.15, 0.2) is 0 Å². The summed E-state index contributed by atoms with van der Waals surface area (Å²) in [5, 5.41) is 0. The third kappa shape index (κ3) is 2.79. The minimum atomic E-state index is -1.44. The van der Waals surface area contributed by atoms with E-state index in [0.29, 0.717) is 11.5 Å². The maximum Gasteiger partial charge on any atom is 0.204 e. The summed E-state index contributed by atoms with van der Waals surface area (Å²) in [6, 6.07) is 0.440. The second-order valence-electron chi connectivity index (χ2n) is 4.56. The molecule has 1 rings (SSSR count). The quantitative estimate of drug-likeness (QED) is 0.726. The molecule has 0 heterocycles. The molecule has 2 nitrogen and oxygen atoms in total. The molecule has 2 atom stereocenters. The summed E-state index contributed by atoms with van der Waals surface area (Å²) in [5.74, 6) is 0. The topological polar surface area (TPSA) is 23.5 Å². The Morgan fingerprint density at radius 2 is 2.08 bits per heavy atom. The van der Waals surface area contributed by atoms with Gasteiger partial charge in [0, 0.05) is 6.04 Å². The summed E-state index contributed by atoms with van der Waals surface area (Å²) >= 11 is 5.74. The van der Waals surface area contributed by atoms with Gasteiger partial charge in [0.2, 0.25) is 7.65 Å². The van der Waals surface area contributed by atoms with E-state index in [1.807, 2.05) is 11.7 Å². The van der Waals surface area contributed by atoms with E-state index < -0.39 is 7.65 Å². The smallest absolute Gasteiger partial charge is 0.204 e. The Morgan fingerprint density at radius 1 is 1.46 bits per heavy atom. The molecule has 0 aromatic carbocycles. The second kappa shape index (κ2) is 4.44. The molecule has 78 valence electrons. The van der Waals surface area contributed by atoms with E-state index in [-0.39, 0.29) is 0 Å². The highest BCUT2D eigenvalue weighted by atomic mass is 35.7. The molecule has 0 aromatic rings. The highest BCUT2D eigenvalue weighted by Gasteiger charge is 2.36. The highest BCUT2D eigenvalue weighted by molar-refractivity contribution is 7.77. The monoisotopic (exact) mass is 223 g/mol. The Hall–Kier alpha value is 0.640. The number of hydrogen-bond donors (Lipinski definition) is 1. The van der Waals surface area contributed by atoms with Gasteiger partial charge >= 0.3 is 0 Å². The van der Waals surface area contributed by atoms with Crippen LogP contribution in [0.5, 0.6) is 0 Å². The van der Waals surface area contributed by atoms with Crippen molar-refractivity contribution in [2.75, 3.05) is 7.05 Å². The van der Waals surface area contributed by atoms with E-state index in [1.54, 1.807) is 0 Å². The van der Waals surface area contributed by atoms with Crippen molar-refractivity contribution in [1.82, 2.24) is 4.67 Å². The van der Waals surface area contributed by atoms with Crippen molar-refractivity contribution in [3.63, 3.8) is 0 Å². The largest absolute Gasteiger partial charge is 0.347 e. The fourth-order valence-electron chi connectivity index (χ4n) is 2.28. The molecule has 0 aliphatic heterocycles. The van der Waals surface area contributed by atoms with Gasteiger partial charge in [-0.05, 0) is 36.5 Å². The van der Waals surface area contributed by atoms with Gasteiger partial charge in [0.15, 0.2) is 0 Å². The Bertz CT molecular complexity index is 175. The zero-order chi connectivity index (χ0) is 10.1. The van der Waals surface area contributed by atoms with Crippen LogP contribution >= 0.6 is 18.9 Å². The fraction of sp³-hybridized carbons (Fsp3) is 1.00. The second-order valence-corrected chi connectivity index (χ2v) is 6.58. The van der Waals surface area contributed by atoms with E-state index in [9.17, 15) is 4.89 Å². The first-order valence-electron chi connectivity index (χ1n) is 4.82. The zero-order valence-electron chi connectivity index (χ0n) is 8.63. The first-order chi connectivity index (χ1) is 5.95. The van der Waals surface area contributed by atoms with Crippen LogP contribution in [0.4, 0.5) is 0 Å². The third-order valence-corrected chi connectivity index (χ3v) is 4.68. The van der Waals surface area contributed by atoms with Gasteiger partial charge in [-0.1, -0.05) is 26.7 Å². The van der Waals surface area contributed by atoms with E-state index in [1.165, 1.54) is 19.3 Å². The lowest BCUT2D eigenvalue weighted by atomic mass is 9.73. The number of hydrogen-bond acceptors (Lipinski definition) is 2. The summed E-state index contributed by atoms with van der Waals surface area (Å²) < 4.78 is 1.94. The average Bonchev–Trinajstić information content (AvgIpc) is 2.02. The van der Waals surface area contributed by atoms with Crippen LogP contribution in [0.3, 0.4) is 0 Å². The van der Waals surface area contributed by atoms with Crippen LogP contribution in [0.2, 0.25) is 0 Å². The number of halogens is 1. The van der Waals surface area contributed by atoms with Crippen molar-refractivity contribution in [2.45, 2.75) is 45.6 Å². The maximum atomic E-state index is 9.36. The summed E-state index contributed by atoms with van der Waals surface area (Å²) in [6.45, 7) is 4.53. The molecule has 1 aliphatic carbocycles. The van der Waals surface area contributed by atoms with Gasteiger partial charge < -0.3 is 4.89 Å². The molecule has 0 amide bonds. The molecule has 1 saturated carbocycles. The van der Waals surface area contributed by atoms with Crippen LogP contribution in [0, 0.1) is 5.41 Å². The maximum absolute atomic E-state index is 9.36. The van der Waals surface area contributed by atoms with Crippen molar-refractivity contribution in [3.05, 3.63) is 0 Å². The summed E-state index contributed by atoms with van der Waals surface area (Å²) in [6.07, 6.45) is 4.97. The standard InChI is InChI=1S/C9H19ClNOP/c1-9(2)7-5-4-6-8(9)11(3)13(10)12/h8,12H,4-7H2,1-3H3/t8-,13?/m0/s1. The molecule has 1 fully saturated rings. The summed E-state index contributed by atoms with van der Waals surface area (Å²) in [7, 11) is 0.490. The summed E-state index contributed by atoms with van der Waals surface area (Å²) in [4.78, 5) is 9.36. The molecule has 1 aliphatic rings. The van der Waals surface area contributed by atoms with Crippen LogP contribution in [-0.2, 0) is 0 Å².